The zero-order chi connectivity index (χ0) is 13.8. The van der Waals surface area contributed by atoms with Gasteiger partial charge in [-0.05, 0) is 17.4 Å². The summed E-state index contributed by atoms with van der Waals surface area (Å²) in [4.78, 5) is 14.1. The Morgan fingerprint density at radius 3 is 2.53 bits per heavy atom. The summed E-state index contributed by atoms with van der Waals surface area (Å²) >= 11 is 0. The minimum absolute atomic E-state index is 0.246. The lowest BCUT2D eigenvalue weighted by Gasteiger charge is -2.24. The van der Waals surface area contributed by atoms with Gasteiger partial charge in [0.25, 0.3) is 0 Å². The summed E-state index contributed by atoms with van der Waals surface area (Å²) in [6, 6.07) is 10.3. The maximum absolute atomic E-state index is 12.1. The van der Waals surface area contributed by atoms with Crippen LogP contribution in [0.3, 0.4) is 0 Å². The van der Waals surface area contributed by atoms with Crippen LogP contribution < -0.4 is 5.73 Å². The van der Waals surface area contributed by atoms with Crippen LogP contribution in [0.15, 0.2) is 30.3 Å². The quantitative estimate of drug-likeness (QED) is 0.882. The number of benzene rings is 1. The number of hydrogen-bond donors (Lipinski definition) is 1. The van der Waals surface area contributed by atoms with Crippen molar-refractivity contribution in [1.29, 1.82) is 0 Å². The van der Waals surface area contributed by atoms with Gasteiger partial charge in [-0.25, -0.2) is 0 Å². The van der Waals surface area contributed by atoms with Gasteiger partial charge in [0.1, 0.15) is 0 Å². The van der Waals surface area contributed by atoms with Crippen molar-refractivity contribution in [2.45, 2.75) is 26.2 Å². The number of amides is 1. The largest absolute Gasteiger partial charge is 0.342 e. The van der Waals surface area contributed by atoms with E-state index in [0.717, 1.165) is 13.1 Å². The van der Waals surface area contributed by atoms with Gasteiger partial charge in [0, 0.05) is 32.0 Å². The van der Waals surface area contributed by atoms with Crippen molar-refractivity contribution >= 4 is 5.91 Å². The molecule has 0 aromatic heterocycles. The van der Waals surface area contributed by atoms with Crippen molar-refractivity contribution in [3.63, 3.8) is 0 Å². The first-order valence-electron chi connectivity index (χ1n) is 7.14. The Labute approximate surface area is 115 Å². The Kier molecular flexibility index (Phi) is 4.59. The molecule has 1 aromatic carbocycles. The maximum Gasteiger partial charge on any atom is 0.222 e. The molecule has 2 N–H and O–H groups in total. The molecule has 0 spiro atoms. The SMILES string of the molecule is CC(C)C1CC(=O)N(CC(CN)c2ccccc2)C1. The van der Waals surface area contributed by atoms with Crippen LogP contribution in [0.25, 0.3) is 0 Å². The van der Waals surface area contributed by atoms with E-state index >= 15 is 0 Å². The highest BCUT2D eigenvalue weighted by Crippen LogP contribution is 2.27. The number of likely N-dealkylation sites (tertiary alicyclic amines) is 1. The Morgan fingerprint density at radius 2 is 2.00 bits per heavy atom. The van der Waals surface area contributed by atoms with E-state index in [9.17, 15) is 4.79 Å². The minimum atomic E-state index is 0.246. The third kappa shape index (κ3) is 3.35. The lowest BCUT2D eigenvalue weighted by Crippen LogP contribution is -2.33. The van der Waals surface area contributed by atoms with E-state index in [1.165, 1.54) is 5.56 Å². The molecule has 1 aliphatic rings. The molecule has 0 saturated carbocycles. The molecule has 1 saturated heterocycles. The highest BCUT2D eigenvalue weighted by Gasteiger charge is 2.32. The van der Waals surface area contributed by atoms with Crippen LogP contribution >= 0.6 is 0 Å². The summed E-state index contributed by atoms with van der Waals surface area (Å²) < 4.78 is 0. The topological polar surface area (TPSA) is 46.3 Å². The van der Waals surface area contributed by atoms with E-state index in [0.29, 0.717) is 24.8 Å². The van der Waals surface area contributed by atoms with Crippen LogP contribution in [0.5, 0.6) is 0 Å². The second-order valence-electron chi connectivity index (χ2n) is 5.85. The maximum atomic E-state index is 12.1. The van der Waals surface area contributed by atoms with Crippen molar-refractivity contribution in [3.05, 3.63) is 35.9 Å². The number of rotatable bonds is 5. The molecule has 1 heterocycles. The smallest absolute Gasteiger partial charge is 0.222 e. The van der Waals surface area contributed by atoms with Gasteiger partial charge >= 0.3 is 0 Å². The molecule has 3 nitrogen and oxygen atoms in total. The molecule has 19 heavy (non-hydrogen) atoms. The van der Waals surface area contributed by atoms with E-state index < -0.39 is 0 Å². The Morgan fingerprint density at radius 1 is 1.32 bits per heavy atom. The fraction of sp³-hybridized carbons (Fsp3) is 0.562. The number of carbonyl (C=O) groups is 1. The average molecular weight is 260 g/mol. The first-order valence-corrected chi connectivity index (χ1v) is 7.14. The fourth-order valence-corrected chi connectivity index (χ4v) is 2.73. The zero-order valence-electron chi connectivity index (χ0n) is 11.9. The highest BCUT2D eigenvalue weighted by molar-refractivity contribution is 5.78. The molecular weight excluding hydrogens is 236 g/mol. The summed E-state index contributed by atoms with van der Waals surface area (Å²) in [5.74, 6) is 1.60. The molecule has 3 heteroatoms. The zero-order valence-corrected chi connectivity index (χ0v) is 11.9. The summed E-state index contributed by atoms with van der Waals surface area (Å²) in [6.45, 7) is 6.61. The standard InChI is InChI=1S/C16H24N2O/c1-12(2)14-8-16(19)18(10-14)11-15(9-17)13-6-4-3-5-7-13/h3-7,12,14-15H,8-11,17H2,1-2H3. The molecule has 0 aliphatic carbocycles. The lowest BCUT2D eigenvalue weighted by atomic mass is 9.95. The molecular formula is C16H24N2O. The molecule has 104 valence electrons. The molecule has 1 aromatic rings. The third-order valence-corrected chi connectivity index (χ3v) is 4.18. The van der Waals surface area contributed by atoms with E-state index in [-0.39, 0.29) is 11.8 Å². The molecule has 2 atom stereocenters. The number of nitrogens with two attached hydrogens (primary N) is 1. The number of hydrogen-bond acceptors (Lipinski definition) is 2. The van der Waals surface area contributed by atoms with Crippen molar-refractivity contribution in [1.82, 2.24) is 4.90 Å². The number of carbonyl (C=O) groups excluding carboxylic acids is 1. The second-order valence-corrected chi connectivity index (χ2v) is 5.85. The van der Waals surface area contributed by atoms with Crippen LogP contribution in [0, 0.1) is 11.8 Å². The Bertz CT molecular complexity index is 416. The van der Waals surface area contributed by atoms with Gasteiger partial charge in [-0.2, -0.15) is 0 Å². The predicted molar refractivity (Wildman–Crippen MR) is 77.8 cm³/mol. The van der Waals surface area contributed by atoms with Crippen LogP contribution in [0.1, 0.15) is 31.7 Å². The molecule has 1 amide bonds. The Hall–Kier alpha value is -1.35. The molecule has 2 unspecified atom stereocenters. The van der Waals surface area contributed by atoms with Gasteiger partial charge in [-0.1, -0.05) is 44.2 Å². The van der Waals surface area contributed by atoms with E-state index in [4.69, 9.17) is 5.73 Å². The molecule has 1 aliphatic heterocycles. The van der Waals surface area contributed by atoms with E-state index in [1.807, 2.05) is 23.1 Å². The molecule has 0 radical (unpaired) electrons. The summed E-state index contributed by atoms with van der Waals surface area (Å²) in [5, 5.41) is 0. The van der Waals surface area contributed by atoms with Gasteiger partial charge in [-0.15, -0.1) is 0 Å². The van der Waals surface area contributed by atoms with Crippen molar-refractivity contribution in [2.24, 2.45) is 17.6 Å². The summed E-state index contributed by atoms with van der Waals surface area (Å²) in [5.41, 5.74) is 7.11. The van der Waals surface area contributed by atoms with E-state index in [1.54, 1.807) is 0 Å². The first kappa shape index (κ1) is 14.1. The van der Waals surface area contributed by atoms with Gasteiger partial charge in [0.05, 0.1) is 0 Å². The molecule has 0 bridgehead atoms. The predicted octanol–water partition coefficient (Wildman–Crippen LogP) is 2.23. The van der Waals surface area contributed by atoms with Crippen molar-refractivity contribution in [2.75, 3.05) is 19.6 Å². The lowest BCUT2D eigenvalue weighted by molar-refractivity contribution is -0.127. The molecule has 2 rings (SSSR count). The average Bonchev–Trinajstić information content (AvgIpc) is 2.78. The van der Waals surface area contributed by atoms with Gasteiger partial charge < -0.3 is 10.6 Å². The number of nitrogens with zero attached hydrogens (tertiary/aromatic N) is 1. The van der Waals surface area contributed by atoms with Crippen LogP contribution in [0.4, 0.5) is 0 Å². The van der Waals surface area contributed by atoms with E-state index in [2.05, 4.69) is 26.0 Å². The fourth-order valence-electron chi connectivity index (χ4n) is 2.73. The minimum Gasteiger partial charge on any atom is -0.342 e. The van der Waals surface area contributed by atoms with Crippen LogP contribution in [-0.2, 0) is 4.79 Å². The van der Waals surface area contributed by atoms with Crippen molar-refractivity contribution < 1.29 is 4.79 Å². The second kappa shape index (κ2) is 6.20. The summed E-state index contributed by atoms with van der Waals surface area (Å²) in [6.07, 6.45) is 0.698. The first-order chi connectivity index (χ1) is 9.11. The summed E-state index contributed by atoms with van der Waals surface area (Å²) in [7, 11) is 0. The third-order valence-electron chi connectivity index (χ3n) is 4.18. The van der Waals surface area contributed by atoms with Gasteiger partial charge in [0.2, 0.25) is 5.91 Å². The van der Waals surface area contributed by atoms with Crippen LogP contribution in [-0.4, -0.2) is 30.4 Å². The van der Waals surface area contributed by atoms with Crippen LogP contribution in [0.2, 0.25) is 0 Å². The highest BCUT2D eigenvalue weighted by atomic mass is 16.2. The molecule has 1 fully saturated rings. The normalized spacial score (nSPS) is 21.2. The van der Waals surface area contributed by atoms with Crippen molar-refractivity contribution in [3.8, 4) is 0 Å². The van der Waals surface area contributed by atoms with Gasteiger partial charge in [0.15, 0.2) is 0 Å². The monoisotopic (exact) mass is 260 g/mol. The Balaban J connectivity index is 2.02. The van der Waals surface area contributed by atoms with Gasteiger partial charge in [-0.3, -0.25) is 4.79 Å².